The first kappa shape index (κ1) is 25.0. The van der Waals surface area contributed by atoms with Crippen LogP contribution in [0.25, 0.3) is 5.57 Å². The zero-order chi connectivity index (χ0) is 24.5. The van der Waals surface area contributed by atoms with Gasteiger partial charge in [0.25, 0.3) is 5.82 Å². The van der Waals surface area contributed by atoms with Gasteiger partial charge < -0.3 is 18.9 Å². The van der Waals surface area contributed by atoms with Gasteiger partial charge in [-0.15, -0.1) is 0 Å². The van der Waals surface area contributed by atoms with Crippen molar-refractivity contribution < 1.29 is 42.7 Å². The van der Waals surface area contributed by atoms with Crippen LogP contribution in [0.3, 0.4) is 0 Å². The van der Waals surface area contributed by atoms with Gasteiger partial charge in [0, 0.05) is 12.3 Å². The average Bonchev–Trinajstić information content (AvgIpc) is 3.19. The lowest BCUT2D eigenvalue weighted by atomic mass is 9.98. The van der Waals surface area contributed by atoms with E-state index in [4.69, 9.17) is 14.2 Å². The van der Waals surface area contributed by atoms with Crippen LogP contribution in [0.15, 0.2) is 54.0 Å². The summed E-state index contributed by atoms with van der Waals surface area (Å²) in [6.45, 7) is 0.222. The average molecular weight is 458 g/mol. The number of pyridine rings is 1. The first-order valence-corrected chi connectivity index (χ1v) is 9.53. The van der Waals surface area contributed by atoms with Gasteiger partial charge in [0.15, 0.2) is 5.57 Å². The molecule has 0 bridgehead atoms. The van der Waals surface area contributed by atoms with Gasteiger partial charge in [-0.3, -0.25) is 4.98 Å². The molecule has 11 nitrogen and oxygen atoms in total. The van der Waals surface area contributed by atoms with Crippen LogP contribution < -0.4 is 4.57 Å². The van der Waals surface area contributed by atoms with Crippen LogP contribution in [0.1, 0.15) is 11.5 Å². The highest BCUT2D eigenvalue weighted by Gasteiger charge is 2.37. The van der Waals surface area contributed by atoms with Crippen molar-refractivity contribution in [2.24, 2.45) is 7.05 Å². The second-order valence-corrected chi connectivity index (χ2v) is 6.49. The quantitative estimate of drug-likeness (QED) is 0.178. The first-order chi connectivity index (χ1) is 15.8. The standard InChI is InChI=1S/C22H24N3O8/c1-24-10-11-25(13-14-8-6-7-9-23-14)19(24)18(22(29)33-5)17(21(28)32-4)15(20(27)31-3)12-16(26)30-2/h6-12H,13H2,1-5H3/q+1/b15-12-,18-17+. The SMILES string of the molecule is COC(=O)/C=C(C(=O)OC)/C(C(=O)OC)=C(\C(=O)OC)c1n(Cc2ccccn2)cc[n+]1C. The van der Waals surface area contributed by atoms with Crippen LogP contribution in [0, 0.1) is 0 Å². The molecule has 174 valence electrons. The monoisotopic (exact) mass is 458 g/mol. The molecule has 0 atom stereocenters. The van der Waals surface area contributed by atoms with Crippen molar-refractivity contribution >= 4 is 29.5 Å². The molecular weight excluding hydrogens is 434 g/mol. The van der Waals surface area contributed by atoms with Gasteiger partial charge in [0.05, 0.1) is 52.3 Å². The lowest BCUT2D eigenvalue weighted by molar-refractivity contribution is -0.673. The minimum absolute atomic E-state index is 0.188. The van der Waals surface area contributed by atoms with Crippen LogP contribution in [0.4, 0.5) is 0 Å². The second kappa shape index (κ2) is 11.4. The maximum Gasteiger partial charge on any atom is 0.347 e. The minimum Gasteiger partial charge on any atom is -0.466 e. The van der Waals surface area contributed by atoms with Crippen molar-refractivity contribution in [2.45, 2.75) is 6.54 Å². The van der Waals surface area contributed by atoms with Gasteiger partial charge in [-0.1, -0.05) is 6.07 Å². The zero-order valence-electron chi connectivity index (χ0n) is 18.9. The summed E-state index contributed by atoms with van der Waals surface area (Å²) in [7, 11) is 5.96. The van der Waals surface area contributed by atoms with E-state index >= 15 is 0 Å². The molecule has 0 radical (unpaired) electrons. The number of rotatable bonds is 8. The fraction of sp³-hybridized carbons (Fsp3) is 0.273. The van der Waals surface area contributed by atoms with E-state index in [1.807, 2.05) is 0 Å². The van der Waals surface area contributed by atoms with Crippen LogP contribution in [-0.4, -0.2) is 61.9 Å². The summed E-state index contributed by atoms with van der Waals surface area (Å²) in [4.78, 5) is 54.6. The molecule has 0 aliphatic rings. The Bertz CT molecular complexity index is 1120. The van der Waals surface area contributed by atoms with E-state index in [9.17, 15) is 19.2 Å². The van der Waals surface area contributed by atoms with Gasteiger partial charge in [-0.2, -0.15) is 0 Å². The lowest BCUT2D eigenvalue weighted by Crippen LogP contribution is -2.35. The Morgan fingerprint density at radius 1 is 0.970 bits per heavy atom. The molecule has 0 spiro atoms. The number of ether oxygens (including phenoxy) is 4. The number of aryl methyl sites for hydroxylation is 1. The number of hydrogen-bond donors (Lipinski definition) is 0. The molecule has 2 aromatic heterocycles. The molecule has 0 aliphatic carbocycles. The minimum atomic E-state index is -1.07. The Balaban J connectivity index is 2.92. The molecule has 0 N–H and O–H groups in total. The van der Waals surface area contributed by atoms with Gasteiger partial charge >= 0.3 is 23.9 Å². The topological polar surface area (TPSA) is 127 Å². The van der Waals surface area contributed by atoms with E-state index in [0.29, 0.717) is 5.69 Å². The maximum atomic E-state index is 13.0. The number of hydrogen-bond acceptors (Lipinski definition) is 9. The summed E-state index contributed by atoms with van der Waals surface area (Å²) < 4.78 is 22.3. The van der Waals surface area contributed by atoms with Gasteiger partial charge in [0.1, 0.15) is 18.9 Å². The van der Waals surface area contributed by atoms with Crippen molar-refractivity contribution in [1.29, 1.82) is 0 Å². The van der Waals surface area contributed by atoms with Gasteiger partial charge in [-0.05, 0) is 12.1 Å². The molecular formula is C22H24N3O8+. The van der Waals surface area contributed by atoms with Gasteiger partial charge in [-0.25, -0.2) is 28.3 Å². The molecule has 33 heavy (non-hydrogen) atoms. The van der Waals surface area contributed by atoms with E-state index in [0.717, 1.165) is 34.5 Å². The number of carbonyl (C=O) groups is 4. The molecule has 2 aromatic rings. The Labute approximate surface area is 189 Å². The smallest absolute Gasteiger partial charge is 0.347 e. The number of nitrogens with zero attached hydrogens (tertiary/aromatic N) is 3. The van der Waals surface area contributed by atoms with E-state index in [1.54, 1.807) is 53.0 Å². The molecule has 0 aromatic carbocycles. The molecule has 0 amide bonds. The van der Waals surface area contributed by atoms with Crippen LogP contribution >= 0.6 is 0 Å². The fourth-order valence-electron chi connectivity index (χ4n) is 3.01. The van der Waals surface area contributed by atoms with Crippen molar-refractivity contribution in [2.75, 3.05) is 28.4 Å². The highest BCUT2D eigenvalue weighted by Crippen LogP contribution is 2.26. The van der Waals surface area contributed by atoms with E-state index in [1.165, 1.54) is 0 Å². The summed E-state index contributed by atoms with van der Waals surface area (Å²) in [6.07, 6.45) is 5.65. The number of aromatic nitrogens is 3. The normalized spacial score (nSPS) is 11.8. The molecule has 0 unspecified atom stereocenters. The van der Waals surface area contributed by atoms with E-state index in [-0.39, 0.29) is 17.9 Å². The van der Waals surface area contributed by atoms with Crippen molar-refractivity contribution in [3.63, 3.8) is 0 Å². The molecule has 0 aliphatic heterocycles. The Morgan fingerprint density at radius 3 is 2.18 bits per heavy atom. The van der Waals surface area contributed by atoms with Crippen molar-refractivity contribution in [3.8, 4) is 0 Å². The summed E-state index contributed by atoms with van der Waals surface area (Å²) in [5.41, 5.74) is -0.731. The largest absolute Gasteiger partial charge is 0.466 e. The highest BCUT2D eigenvalue weighted by atomic mass is 16.5. The Kier molecular flexibility index (Phi) is 8.61. The summed E-state index contributed by atoms with van der Waals surface area (Å²) >= 11 is 0. The summed E-state index contributed by atoms with van der Waals surface area (Å²) in [6, 6.07) is 5.34. The molecule has 2 heterocycles. The second-order valence-electron chi connectivity index (χ2n) is 6.49. The first-order valence-electron chi connectivity index (χ1n) is 9.53. The highest BCUT2D eigenvalue weighted by molar-refractivity contribution is 6.26. The predicted octanol–water partition coefficient (Wildman–Crippen LogP) is 0.128. The summed E-state index contributed by atoms with van der Waals surface area (Å²) in [5.74, 6) is -3.84. The third-order valence-electron chi connectivity index (χ3n) is 4.53. The number of esters is 4. The predicted molar refractivity (Wildman–Crippen MR) is 112 cm³/mol. The zero-order valence-corrected chi connectivity index (χ0v) is 18.9. The fourth-order valence-corrected chi connectivity index (χ4v) is 3.01. The Morgan fingerprint density at radius 2 is 1.64 bits per heavy atom. The lowest BCUT2D eigenvalue weighted by Gasteiger charge is -2.13. The summed E-state index contributed by atoms with van der Waals surface area (Å²) in [5, 5.41) is 0. The van der Waals surface area contributed by atoms with E-state index < -0.39 is 35.0 Å². The van der Waals surface area contributed by atoms with Gasteiger partial charge in [0.2, 0.25) is 0 Å². The number of imidazole rings is 1. The van der Waals surface area contributed by atoms with Crippen molar-refractivity contribution in [3.05, 3.63) is 65.5 Å². The van der Waals surface area contributed by atoms with Crippen LogP contribution in [-0.2, 0) is 51.7 Å². The van der Waals surface area contributed by atoms with E-state index in [2.05, 4.69) is 9.72 Å². The van der Waals surface area contributed by atoms with Crippen LogP contribution in [0.5, 0.6) is 0 Å². The molecule has 0 saturated carbocycles. The van der Waals surface area contributed by atoms with Crippen molar-refractivity contribution in [1.82, 2.24) is 9.55 Å². The molecule has 2 rings (SSSR count). The number of methoxy groups -OCH3 is 4. The Hall–Kier alpha value is -4.28. The molecule has 0 fully saturated rings. The third-order valence-corrected chi connectivity index (χ3v) is 4.53. The molecule has 11 heteroatoms. The third kappa shape index (κ3) is 5.70. The maximum absolute atomic E-state index is 13.0. The molecule has 0 saturated heterocycles. The number of carbonyl (C=O) groups excluding carboxylic acids is 4. The van der Waals surface area contributed by atoms with Crippen LogP contribution in [0.2, 0.25) is 0 Å².